The van der Waals surface area contributed by atoms with Crippen molar-refractivity contribution in [1.29, 1.82) is 0 Å². The first-order chi connectivity index (χ1) is 4.43. The van der Waals surface area contributed by atoms with E-state index in [4.69, 9.17) is 9.47 Å². The third-order valence-corrected chi connectivity index (χ3v) is 0.953. The molecule has 0 N–H and O–H groups in total. The minimum atomic E-state index is -0.229. The quantitative estimate of drug-likeness (QED) is 0.553. The maximum atomic E-state index is 5.01. The van der Waals surface area contributed by atoms with Crippen LogP contribution in [-0.4, -0.2) is 12.9 Å². The lowest BCUT2D eigenvalue weighted by Crippen LogP contribution is -2.12. The third-order valence-electron chi connectivity index (χ3n) is 0.953. The Morgan fingerprint density at radius 3 is 3.00 bits per heavy atom. The second-order valence-corrected chi connectivity index (χ2v) is 1.59. The maximum absolute atomic E-state index is 5.01. The fourth-order valence-corrected chi connectivity index (χ4v) is 0.579. The maximum Gasteiger partial charge on any atom is 0.219 e. The fourth-order valence-electron chi connectivity index (χ4n) is 0.579. The molecule has 1 aliphatic heterocycles. The second kappa shape index (κ2) is 3.30. The Morgan fingerprint density at radius 1 is 1.56 bits per heavy atom. The van der Waals surface area contributed by atoms with Crippen LogP contribution in [0.4, 0.5) is 0 Å². The van der Waals surface area contributed by atoms with E-state index in [9.17, 15) is 0 Å². The number of allylic oxidation sites excluding steroid dienone is 2. The molecule has 0 amide bonds. The Kier molecular flexibility index (Phi) is 2.33. The van der Waals surface area contributed by atoms with Crippen molar-refractivity contribution in [3.05, 3.63) is 31.4 Å². The van der Waals surface area contributed by atoms with Crippen LogP contribution in [0, 0.1) is 6.92 Å². The highest BCUT2D eigenvalue weighted by Crippen LogP contribution is 2.02. The molecule has 1 heterocycles. The molecule has 9 heavy (non-hydrogen) atoms. The summed E-state index contributed by atoms with van der Waals surface area (Å²) < 4.78 is 10.0. The van der Waals surface area contributed by atoms with Crippen LogP contribution in [0.5, 0.6) is 0 Å². The minimum absolute atomic E-state index is 0.229. The van der Waals surface area contributed by atoms with E-state index < -0.39 is 0 Å². The Morgan fingerprint density at radius 2 is 2.44 bits per heavy atom. The van der Waals surface area contributed by atoms with Gasteiger partial charge in [0.2, 0.25) is 6.29 Å². The highest BCUT2D eigenvalue weighted by molar-refractivity contribution is 5.05. The van der Waals surface area contributed by atoms with Gasteiger partial charge in [0, 0.05) is 0 Å². The van der Waals surface area contributed by atoms with Crippen LogP contribution in [0.2, 0.25) is 0 Å². The van der Waals surface area contributed by atoms with Gasteiger partial charge in [-0.15, -0.1) is 0 Å². The Hall–Kier alpha value is -0.760. The summed E-state index contributed by atoms with van der Waals surface area (Å²) in [5.41, 5.74) is 0. The predicted octanol–water partition coefficient (Wildman–Crippen LogP) is 1.26. The van der Waals surface area contributed by atoms with Crippen LogP contribution >= 0.6 is 0 Å². The molecule has 1 aliphatic rings. The van der Waals surface area contributed by atoms with Crippen molar-refractivity contribution in [3.8, 4) is 0 Å². The van der Waals surface area contributed by atoms with Gasteiger partial charge in [-0.2, -0.15) is 0 Å². The second-order valence-electron chi connectivity index (χ2n) is 1.59. The normalized spacial score (nSPS) is 23.9. The number of hydrogen-bond donors (Lipinski definition) is 0. The van der Waals surface area contributed by atoms with Gasteiger partial charge in [0.1, 0.15) is 0 Å². The van der Waals surface area contributed by atoms with Crippen molar-refractivity contribution < 1.29 is 9.47 Å². The molecule has 0 aromatic heterocycles. The molecule has 0 saturated heterocycles. The summed E-state index contributed by atoms with van der Waals surface area (Å²) in [5.74, 6) is 0. The van der Waals surface area contributed by atoms with Gasteiger partial charge in [0.15, 0.2) is 0 Å². The average molecular weight is 125 g/mol. The van der Waals surface area contributed by atoms with Crippen LogP contribution in [0.25, 0.3) is 0 Å². The third kappa shape index (κ3) is 1.90. The summed E-state index contributed by atoms with van der Waals surface area (Å²) in [6.07, 6.45) is 6.88. The highest BCUT2D eigenvalue weighted by Gasteiger charge is 2.02. The number of hydrogen-bond acceptors (Lipinski definition) is 2. The molecule has 0 spiro atoms. The molecule has 0 bridgehead atoms. The molecule has 2 nitrogen and oxygen atoms in total. The lowest BCUT2D eigenvalue weighted by atomic mass is 10.4. The van der Waals surface area contributed by atoms with Crippen molar-refractivity contribution >= 4 is 0 Å². The van der Waals surface area contributed by atoms with Crippen LogP contribution in [0.3, 0.4) is 0 Å². The summed E-state index contributed by atoms with van der Waals surface area (Å²) >= 11 is 0. The molecule has 1 atom stereocenters. The van der Waals surface area contributed by atoms with Crippen LogP contribution in [-0.2, 0) is 9.47 Å². The smallest absolute Gasteiger partial charge is 0.219 e. The summed E-state index contributed by atoms with van der Waals surface area (Å²) in [6.45, 7) is 3.95. The molecule has 0 aromatic rings. The summed E-state index contributed by atoms with van der Waals surface area (Å²) in [4.78, 5) is 0. The largest absolute Gasteiger partial charge is 0.469 e. The zero-order chi connectivity index (χ0) is 6.53. The number of ether oxygens (including phenoxy) is 2. The van der Waals surface area contributed by atoms with E-state index in [2.05, 4.69) is 6.92 Å². The van der Waals surface area contributed by atoms with E-state index in [0.29, 0.717) is 6.61 Å². The molecule has 0 saturated carbocycles. The Bertz CT molecular complexity index is 127. The first-order valence-corrected chi connectivity index (χ1v) is 2.83. The molecule has 2 heteroatoms. The van der Waals surface area contributed by atoms with E-state index in [0.717, 1.165) is 0 Å². The van der Waals surface area contributed by atoms with Crippen molar-refractivity contribution in [1.82, 2.24) is 0 Å². The van der Waals surface area contributed by atoms with E-state index >= 15 is 0 Å². The monoisotopic (exact) mass is 125 g/mol. The van der Waals surface area contributed by atoms with Crippen molar-refractivity contribution in [2.75, 3.05) is 6.61 Å². The molecular weight excluding hydrogens is 116 g/mol. The van der Waals surface area contributed by atoms with Crippen molar-refractivity contribution in [2.45, 2.75) is 6.29 Å². The molecule has 1 unspecified atom stereocenters. The highest BCUT2D eigenvalue weighted by atomic mass is 16.7. The van der Waals surface area contributed by atoms with Gasteiger partial charge in [0.25, 0.3) is 0 Å². The fraction of sp³-hybridized carbons (Fsp3) is 0.286. The molecular formula is C7H9O2. The standard InChI is InChI=1S/C7H9O2/c1-2-8-7-5-3-4-6-9-7/h3-7H,1-2H2. The van der Waals surface area contributed by atoms with Crippen LogP contribution in [0.15, 0.2) is 24.5 Å². The van der Waals surface area contributed by atoms with E-state index in [1.165, 1.54) is 0 Å². The van der Waals surface area contributed by atoms with Crippen molar-refractivity contribution in [2.24, 2.45) is 0 Å². The van der Waals surface area contributed by atoms with Crippen LogP contribution in [0.1, 0.15) is 0 Å². The summed E-state index contributed by atoms with van der Waals surface area (Å²) in [5, 5.41) is 0. The zero-order valence-corrected chi connectivity index (χ0v) is 5.12. The molecule has 0 aliphatic carbocycles. The lowest BCUT2D eigenvalue weighted by Gasteiger charge is -2.13. The van der Waals surface area contributed by atoms with Gasteiger partial charge >= 0.3 is 0 Å². The average Bonchev–Trinajstić information content (AvgIpc) is 1.91. The van der Waals surface area contributed by atoms with Gasteiger partial charge in [0.05, 0.1) is 12.9 Å². The Labute approximate surface area is 54.8 Å². The van der Waals surface area contributed by atoms with Gasteiger partial charge < -0.3 is 9.47 Å². The molecule has 1 rings (SSSR count). The number of rotatable bonds is 2. The van der Waals surface area contributed by atoms with Gasteiger partial charge in [-0.3, -0.25) is 0 Å². The molecule has 0 fully saturated rings. The van der Waals surface area contributed by atoms with E-state index in [1.807, 2.05) is 18.2 Å². The van der Waals surface area contributed by atoms with E-state index in [1.54, 1.807) is 6.26 Å². The van der Waals surface area contributed by atoms with Gasteiger partial charge in [-0.1, -0.05) is 6.08 Å². The first-order valence-electron chi connectivity index (χ1n) is 2.83. The summed E-state index contributed by atoms with van der Waals surface area (Å²) in [6, 6.07) is 0. The topological polar surface area (TPSA) is 18.5 Å². The first kappa shape index (κ1) is 6.36. The van der Waals surface area contributed by atoms with Crippen LogP contribution < -0.4 is 0 Å². The van der Waals surface area contributed by atoms with Crippen molar-refractivity contribution in [3.63, 3.8) is 0 Å². The molecule has 49 valence electrons. The van der Waals surface area contributed by atoms with Gasteiger partial charge in [-0.25, -0.2) is 0 Å². The predicted molar refractivity (Wildman–Crippen MR) is 34.5 cm³/mol. The Balaban J connectivity index is 2.28. The lowest BCUT2D eigenvalue weighted by molar-refractivity contribution is -0.0637. The SMILES string of the molecule is [CH2]COC1C=CC=CO1. The molecule has 1 radical (unpaired) electrons. The summed E-state index contributed by atoms with van der Waals surface area (Å²) in [7, 11) is 0. The van der Waals surface area contributed by atoms with E-state index in [-0.39, 0.29) is 6.29 Å². The molecule has 0 aromatic carbocycles. The minimum Gasteiger partial charge on any atom is -0.469 e. The zero-order valence-electron chi connectivity index (χ0n) is 5.12. The van der Waals surface area contributed by atoms with Gasteiger partial charge in [-0.05, 0) is 19.1 Å².